The van der Waals surface area contributed by atoms with Crippen molar-refractivity contribution < 1.29 is 23.1 Å². The molecule has 5 aromatic carbocycles. The maximum absolute atomic E-state index is 14.1. The second kappa shape index (κ2) is 17.0. The van der Waals surface area contributed by atoms with E-state index >= 15 is 0 Å². The van der Waals surface area contributed by atoms with Crippen molar-refractivity contribution in [1.29, 1.82) is 0 Å². The van der Waals surface area contributed by atoms with Gasteiger partial charge < -0.3 is 15.7 Å². The van der Waals surface area contributed by atoms with Crippen molar-refractivity contribution in [2.45, 2.75) is 49.1 Å². The smallest absolute Gasteiger partial charge is 0.251 e. The molecule has 2 amide bonds. The first-order valence-electron chi connectivity index (χ1n) is 16.4. The second-order valence-electron chi connectivity index (χ2n) is 12.1. The van der Waals surface area contributed by atoms with Crippen LogP contribution in [-0.4, -0.2) is 37.4 Å². The van der Waals surface area contributed by atoms with E-state index < -0.39 is 33.7 Å². The lowest BCUT2D eigenvalue weighted by Crippen LogP contribution is -2.50. The molecule has 0 aliphatic heterocycles. The number of benzene rings is 5. The summed E-state index contributed by atoms with van der Waals surface area (Å²) in [5, 5.41) is 17.4. The quantitative estimate of drug-likeness (QED) is 0.108. The molecule has 256 valence electrons. The third kappa shape index (κ3) is 9.94. The van der Waals surface area contributed by atoms with E-state index in [1.54, 1.807) is 60.7 Å². The number of nitrogens with one attached hydrogen (secondary N) is 2. The number of aromatic hydroxyl groups is 1. The van der Waals surface area contributed by atoms with Crippen molar-refractivity contribution in [3.05, 3.63) is 167 Å². The molecule has 5 rings (SSSR count). The molecule has 0 saturated heterocycles. The van der Waals surface area contributed by atoms with Gasteiger partial charge in [0.2, 0.25) is 5.91 Å². The number of phenols is 1. The summed E-state index contributed by atoms with van der Waals surface area (Å²) in [6.45, 7) is 1.99. The summed E-state index contributed by atoms with van der Waals surface area (Å²) in [5.74, 6) is -0.804. The molecule has 0 fully saturated rings. The first-order valence-corrected chi connectivity index (χ1v) is 18.3. The lowest BCUT2D eigenvalue weighted by Gasteiger charge is -2.25. The molecule has 0 aliphatic carbocycles. The molecule has 0 radical (unpaired) electrons. The van der Waals surface area contributed by atoms with E-state index in [2.05, 4.69) is 10.6 Å². The first-order chi connectivity index (χ1) is 24.1. The highest BCUT2D eigenvalue weighted by Crippen LogP contribution is 2.28. The normalized spacial score (nSPS) is 13.3. The molecular weight excluding hydrogens is 668 g/mol. The van der Waals surface area contributed by atoms with Crippen LogP contribution in [0.25, 0.3) is 11.1 Å². The summed E-state index contributed by atoms with van der Waals surface area (Å²) in [6, 6.07) is 37.4. The number of rotatable bonds is 14. The molecule has 7 nitrogen and oxygen atoms in total. The average molecular weight is 707 g/mol. The lowest BCUT2D eigenvalue weighted by molar-refractivity contribution is -0.123. The minimum atomic E-state index is -3.78. The summed E-state index contributed by atoms with van der Waals surface area (Å²) in [4.78, 5) is 27.8. The van der Waals surface area contributed by atoms with Crippen LogP contribution in [0.3, 0.4) is 0 Å². The molecule has 3 N–H and O–H groups in total. The summed E-state index contributed by atoms with van der Waals surface area (Å²) in [5.41, 5.74) is 4.00. The summed E-state index contributed by atoms with van der Waals surface area (Å²) < 4.78 is 26.2. The van der Waals surface area contributed by atoms with E-state index in [1.807, 2.05) is 67.6 Å². The molecule has 0 aliphatic rings. The zero-order valence-electron chi connectivity index (χ0n) is 27.6. The fourth-order valence-corrected chi connectivity index (χ4v) is 6.95. The van der Waals surface area contributed by atoms with Crippen molar-refractivity contribution in [2.24, 2.45) is 0 Å². The number of hydrogen-bond donors (Lipinski definition) is 3. The predicted octanol–water partition coefficient (Wildman–Crippen LogP) is 8.11. The largest absolute Gasteiger partial charge is 0.508 e. The predicted molar refractivity (Wildman–Crippen MR) is 199 cm³/mol. The van der Waals surface area contributed by atoms with Gasteiger partial charge in [0, 0.05) is 27.6 Å². The Balaban J connectivity index is 1.38. The zero-order valence-corrected chi connectivity index (χ0v) is 29.1. The van der Waals surface area contributed by atoms with Gasteiger partial charge in [0.25, 0.3) is 5.91 Å². The Hall–Kier alpha value is -5.18. The Morgan fingerprint density at radius 3 is 2.06 bits per heavy atom. The van der Waals surface area contributed by atoms with Crippen LogP contribution in [0.4, 0.5) is 0 Å². The third-order valence-electron chi connectivity index (χ3n) is 8.48. The van der Waals surface area contributed by atoms with E-state index in [-0.39, 0.29) is 16.6 Å². The van der Waals surface area contributed by atoms with E-state index in [0.717, 1.165) is 27.7 Å². The lowest BCUT2D eigenvalue weighted by atomic mass is 9.93. The monoisotopic (exact) mass is 706 g/mol. The van der Waals surface area contributed by atoms with Crippen LogP contribution >= 0.6 is 11.6 Å². The highest BCUT2D eigenvalue weighted by atomic mass is 35.5. The molecule has 3 atom stereocenters. The van der Waals surface area contributed by atoms with Gasteiger partial charge in [-0.05, 0) is 84.3 Å². The van der Waals surface area contributed by atoms with Crippen LogP contribution in [0, 0.1) is 0 Å². The summed E-state index contributed by atoms with van der Waals surface area (Å²) in [6.07, 6.45) is 2.65. The van der Waals surface area contributed by atoms with Gasteiger partial charge in [0.05, 0.1) is 4.90 Å². The first kappa shape index (κ1) is 36.1. The Morgan fingerprint density at radius 2 is 1.40 bits per heavy atom. The number of amides is 2. The fourth-order valence-electron chi connectivity index (χ4n) is 5.61. The molecule has 9 heteroatoms. The minimum absolute atomic E-state index is 0.0840. The average Bonchev–Trinajstić information content (AvgIpc) is 3.14. The van der Waals surface area contributed by atoms with Crippen molar-refractivity contribution >= 4 is 33.3 Å². The maximum Gasteiger partial charge on any atom is 0.251 e. The number of hydrogen-bond acceptors (Lipinski definition) is 5. The van der Waals surface area contributed by atoms with Crippen LogP contribution in [0.1, 0.15) is 47.2 Å². The van der Waals surface area contributed by atoms with Crippen molar-refractivity contribution in [3.63, 3.8) is 0 Å². The van der Waals surface area contributed by atoms with Gasteiger partial charge in [-0.15, -0.1) is 0 Å². The van der Waals surface area contributed by atoms with Crippen LogP contribution in [0.5, 0.6) is 5.75 Å². The summed E-state index contributed by atoms with van der Waals surface area (Å²) >= 11 is 6.38. The van der Waals surface area contributed by atoms with E-state index in [4.69, 9.17) is 11.6 Å². The highest BCUT2D eigenvalue weighted by Gasteiger charge is 2.26. The zero-order chi connectivity index (χ0) is 35.5. The Kier molecular flexibility index (Phi) is 12.3. The Labute approximate surface area is 298 Å². The van der Waals surface area contributed by atoms with Gasteiger partial charge in [0.1, 0.15) is 11.8 Å². The standard InChI is InChI=1S/C41H39ClN2O5S/c1-29(31-10-4-2-5-11-31)28-39(44-40(46)33-21-19-32(20-22-33)37-14-8-9-15-38(37)42)41(47)43-34(23-16-30-17-24-35(45)25-18-30)26-27-50(48,49)36-12-6-3-7-13-36/h2-15,17-22,24-27,29,34,39,45H,16,23,28H2,1H3,(H,43,47)(H,44,46)/b27-26+/t29-,34+,39+/m1/s1. The number of halogens is 1. The molecule has 0 bridgehead atoms. The van der Waals surface area contributed by atoms with Gasteiger partial charge >= 0.3 is 0 Å². The number of aryl methyl sites for hydroxylation is 1. The van der Waals surface area contributed by atoms with Crippen molar-refractivity contribution in [1.82, 2.24) is 10.6 Å². The van der Waals surface area contributed by atoms with E-state index in [9.17, 15) is 23.1 Å². The minimum Gasteiger partial charge on any atom is -0.508 e. The summed E-state index contributed by atoms with van der Waals surface area (Å²) in [7, 11) is -3.78. The molecular formula is C41H39ClN2O5S. The van der Waals surface area contributed by atoms with Crippen LogP contribution in [0.2, 0.25) is 5.02 Å². The van der Waals surface area contributed by atoms with E-state index in [1.165, 1.54) is 18.2 Å². The highest BCUT2D eigenvalue weighted by molar-refractivity contribution is 7.94. The molecule has 0 heterocycles. The topological polar surface area (TPSA) is 113 Å². The van der Waals surface area contributed by atoms with Crippen LogP contribution < -0.4 is 10.6 Å². The molecule has 5 aromatic rings. The van der Waals surface area contributed by atoms with Gasteiger partial charge in [-0.1, -0.05) is 116 Å². The molecule has 50 heavy (non-hydrogen) atoms. The SMILES string of the molecule is C[C@H](C[C@H](NC(=O)c1ccc(-c2ccccc2Cl)cc1)C(=O)N[C@H](/C=C/S(=O)(=O)c1ccccc1)CCc1ccc(O)cc1)c1ccccc1. The van der Waals surface area contributed by atoms with Gasteiger partial charge in [-0.2, -0.15) is 0 Å². The molecule has 0 spiro atoms. The van der Waals surface area contributed by atoms with Gasteiger partial charge in [-0.3, -0.25) is 9.59 Å². The number of carbonyl (C=O) groups is 2. The molecule has 0 aromatic heterocycles. The number of carbonyl (C=O) groups excluding carboxylic acids is 2. The van der Waals surface area contributed by atoms with Gasteiger partial charge in [-0.25, -0.2) is 8.42 Å². The maximum atomic E-state index is 14.1. The van der Waals surface area contributed by atoms with Crippen LogP contribution in [0.15, 0.2) is 150 Å². The second-order valence-corrected chi connectivity index (χ2v) is 14.4. The fraction of sp³-hybridized carbons (Fsp3) is 0.171. The third-order valence-corrected chi connectivity index (χ3v) is 10.3. The molecule has 0 unspecified atom stereocenters. The van der Waals surface area contributed by atoms with E-state index in [0.29, 0.717) is 29.8 Å². The van der Waals surface area contributed by atoms with Gasteiger partial charge in [0.15, 0.2) is 9.84 Å². The van der Waals surface area contributed by atoms with Crippen molar-refractivity contribution in [3.8, 4) is 16.9 Å². The number of phenolic OH excluding ortho intramolecular Hbond substituents is 1. The Bertz CT molecular complexity index is 2020. The number of sulfone groups is 1. The van der Waals surface area contributed by atoms with Crippen molar-refractivity contribution in [2.75, 3.05) is 0 Å². The Morgan fingerprint density at radius 1 is 0.780 bits per heavy atom. The van der Waals surface area contributed by atoms with Crippen LogP contribution in [-0.2, 0) is 21.1 Å². The molecule has 0 saturated carbocycles.